The molecule has 9 heteroatoms. The van der Waals surface area contributed by atoms with Gasteiger partial charge in [-0.05, 0) is 24.3 Å². The molecule has 0 aliphatic rings. The molecule has 0 aliphatic carbocycles. The lowest BCUT2D eigenvalue weighted by Crippen LogP contribution is -1.96. The standard InChI is InChI=1S/C21H19FN4O2S2/c1-26-19(15-6-4-5-7-17(15)22)24-25-21(26)30-12-13-11-29-20(23-13)16-9-8-14(27-2)10-18(16)28-3/h4-11H,12H2,1-3H3. The van der Waals surface area contributed by atoms with Crippen molar-refractivity contribution in [1.29, 1.82) is 0 Å². The van der Waals surface area contributed by atoms with Gasteiger partial charge in [0, 0.05) is 24.2 Å². The van der Waals surface area contributed by atoms with Crippen molar-refractivity contribution in [2.24, 2.45) is 7.05 Å². The molecule has 2 heterocycles. The Labute approximate surface area is 181 Å². The van der Waals surface area contributed by atoms with Gasteiger partial charge in [-0.2, -0.15) is 0 Å². The summed E-state index contributed by atoms with van der Waals surface area (Å²) in [7, 11) is 5.08. The summed E-state index contributed by atoms with van der Waals surface area (Å²) in [6, 6.07) is 12.2. The monoisotopic (exact) mass is 442 g/mol. The fourth-order valence-corrected chi connectivity index (χ4v) is 4.69. The van der Waals surface area contributed by atoms with Crippen LogP contribution < -0.4 is 9.47 Å². The Balaban J connectivity index is 1.50. The second kappa shape index (κ2) is 8.85. The quantitative estimate of drug-likeness (QED) is 0.373. The highest BCUT2D eigenvalue weighted by Crippen LogP contribution is 2.36. The number of nitrogens with zero attached hydrogens (tertiary/aromatic N) is 4. The van der Waals surface area contributed by atoms with Crippen LogP contribution in [0.5, 0.6) is 11.5 Å². The molecule has 0 unspecified atom stereocenters. The van der Waals surface area contributed by atoms with E-state index in [0.29, 0.717) is 28.0 Å². The van der Waals surface area contributed by atoms with Crippen LogP contribution in [0.4, 0.5) is 4.39 Å². The van der Waals surface area contributed by atoms with Gasteiger partial charge < -0.3 is 14.0 Å². The minimum Gasteiger partial charge on any atom is -0.497 e. The molecule has 0 saturated heterocycles. The van der Waals surface area contributed by atoms with Crippen molar-refractivity contribution in [3.05, 3.63) is 59.4 Å². The maximum atomic E-state index is 14.1. The fraction of sp³-hybridized carbons (Fsp3) is 0.190. The summed E-state index contributed by atoms with van der Waals surface area (Å²) >= 11 is 3.06. The second-order valence-corrected chi connectivity index (χ2v) is 8.14. The number of rotatable bonds is 7. The van der Waals surface area contributed by atoms with Crippen molar-refractivity contribution >= 4 is 23.1 Å². The molecule has 0 fully saturated rings. The number of halogens is 1. The maximum absolute atomic E-state index is 14.1. The zero-order valence-corrected chi connectivity index (χ0v) is 18.3. The first-order valence-corrected chi connectivity index (χ1v) is 10.9. The van der Waals surface area contributed by atoms with Gasteiger partial charge in [0.2, 0.25) is 0 Å². The minimum atomic E-state index is -0.317. The summed E-state index contributed by atoms with van der Waals surface area (Å²) in [4.78, 5) is 4.73. The zero-order valence-electron chi connectivity index (χ0n) is 16.6. The summed E-state index contributed by atoms with van der Waals surface area (Å²) in [6.45, 7) is 0. The van der Waals surface area contributed by atoms with E-state index < -0.39 is 0 Å². The van der Waals surface area contributed by atoms with Crippen molar-refractivity contribution in [2.75, 3.05) is 14.2 Å². The lowest BCUT2D eigenvalue weighted by atomic mass is 10.2. The van der Waals surface area contributed by atoms with Crippen molar-refractivity contribution in [2.45, 2.75) is 10.9 Å². The van der Waals surface area contributed by atoms with Crippen LogP contribution in [0.25, 0.3) is 22.0 Å². The van der Waals surface area contributed by atoms with E-state index >= 15 is 0 Å². The molecule has 6 nitrogen and oxygen atoms in total. The van der Waals surface area contributed by atoms with Crippen LogP contribution in [0.3, 0.4) is 0 Å². The first kappa shape index (κ1) is 20.4. The number of thioether (sulfide) groups is 1. The van der Waals surface area contributed by atoms with Gasteiger partial charge in [-0.15, -0.1) is 21.5 Å². The van der Waals surface area contributed by atoms with Crippen molar-refractivity contribution < 1.29 is 13.9 Å². The topological polar surface area (TPSA) is 62.1 Å². The highest BCUT2D eigenvalue weighted by molar-refractivity contribution is 7.98. The second-order valence-electron chi connectivity index (χ2n) is 6.34. The number of methoxy groups -OCH3 is 2. The predicted octanol–water partition coefficient (Wildman–Crippen LogP) is 5.05. The highest BCUT2D eigenvalue weighted by Gasteiger charge is 2.16. The molecule has 154 valence electrons. The lowest BCUT2D eigenvalue weighted by molar-refractivity contribution is 0.395. The predicted molar refractivity (Wildman–Crippen MR) is 117 cm³/mol. The van der Waals surface area contributed by atoms with Crippen LogP contribution in [0, 0.1) is 5.82 Å². The lowest BCUT2D eigenvalue weighted by Gasteiger charge is -2.08. The molecule has 2 aromatic carbocycles. The molecule has 0 amide bonds. The van der Waals surface area contributed by atoms with Crippen LogP contribution in [-0.4, -0.2) is 34.0 Å². The molecule has 4 rings (SSSR count). The largest absolute Gasteiger partial charge is 0.497 e. The van der Waals surface area contributed by atoms with E-state index in [1.54, 1.807) is 48.3 Å². The van der Waals surface area contributed by atoms with E-state index in [1.807, 2.05) is 30.6 Å². The van der Waals surface area contributed by atoms with Gasteiger partial charge in [0.1, 0.15) is 22.3 Å². The van der Waals surface area contributed by atoms with Gasteiger partial charge in [-0.1, -0.05) is 23.9 Å². The molecule has 0 radical (unpaired) electrons. The van der Waals surface area contributed by atoms with Gasteiger partial charge in [-0.25, -0.2) is 9.37 Å². The summed E-state index contributed by atoms with van der Waals surface area (Å²) in [6.07, 6.45) is 0. The van der Waals surface area contributed by atoms with Crippen LogP contribution in [0.15, 0.2) is 53.0 Å². The van der Waals surface area contributed by atoms with Crippen molar-refractivity contribution in [3.63, 3.8) is 0 Å². The van der Waals surface area contributed by atoms with E-state index in [1.165, 1.54) is 17.8 Å². The average Bonchev–Trinajstić information content (AvgIpc) is 3.39. The molecule has 0 N–H and O–H groups in total. The van der Waals surface area contributed by atoms with E-state index in [0.717, 1.165) is 22.0 Å². The first-order valence-electron chi connectivity index (χ1n) is 9.04. The van der Waals surface area contributed by atoms with Gasteiger partial charge in [0.05, 0.1) is 31.0 Å². The Morgan fingerprint density at radius 2 is 1.90 bits per heavy atom. The molecule has 0 bridgehead atoms. The minimum absolute atomic E-state index is 0.317. The molecular weight excluding hydrogens is 423 g/mol. The summed E-state index contributed by atoms with van der Waals surface area (Å²) in [5.74, 6) is 2.25. The third-order valence-corrected chi connectivity index (χ3v) is 6.47. The van der Waals surface area contributed by atoms with Gasteiger partial charge in [-0.3, -0.25) is 0 Å². The van der Waals surface area contributed by atoms with Gasteiger partial charge in [0.25, 0.3) is 0 Å². The number of hydrogen-bond acceptors (Lipinski definition) is 7. The molecule has 2 aromatic heterocycles. The normalized spacial score (nSPS) is 10.9. The summed E-state index contributed by atoms with van der Waals surface area (Å²) in [5.41, 5.74) is 2.27. The maximum Gasteiger partial charge on any atom is 0.191 e. The fourth-order valence-electron chi connectivity index (χ4n) is 2.93. The molecular formula is C21H19FN4O2S2. The third-order valence-electron chi connectivity index (χ3n) is 4.49. The SMILES string of the molecule is COc1ccc(-c2nc(CSc3nnc(-c4ccccc4F)n3C)cs2)c(OC)c1. The van der Waals surface area contributed by atoms with Crippen molar-refractivity contribution in [3.8, 4) is 33.5 Å². The third kappa shape index (κ3) is 4.03. The number of benzene rings is 2. The first-order chi connectivity index (χ1) is 14.6. The Hall–Kier alpha value is -2.91. The summed E-state index contributed by atoms with van der Waals surface area (Å²) < 4.78 is 26.6. The Bertz CT molecular complexity index is 1180. The Morgan fingerprint density at radius 3 is 2.67 bits per heavy atom. The average molecular weight is 443 g/mol. The van der Waals surface area contributed by atoms with Crippen molar-refractivity contribution in [1.82, 2.24) is 19.7 Å². The van der Waals surface area contributed by atoms with E-state index in [-0.39, 0.29) is 5.82 Å². The molecule has 0 aliphatic heterocycles. The van der Waals surface area contributed by atoms with Crippen LogP contribution >= 0.6 is 23.1 Å². The smallest absolute Gasteiger partial charge is 0.191 e. The molecule has 4 aromatic rings. The van der Waals surface area contributed by atoms with Gasteiger partial charge >= 0.3 is 0 Å². The van der Waals surface area contributed by atoms with Crippen LogP contribution in [0.1, 0.15) is 5.69 Å². The molecule has 0 spiro atoms. The molecule has 0 atom stereocenters. The van der Waals surface area contributed by atoms with E-state index in [2.05, 4.69) is 10.2 Å². The Morgan fingerprint density at radius 1 is 1.07 bits per heavy atom. The zero-order chi connectivity index (χ0) is 21.1. The van der Waals surface area contributed by atoms with E-state index in [4.69, 9.17) is 14.5 Å². The van der Waals surface area contributed by atoms with Crippen LogP contribution in [0.2, 0.25) is 0 Å². The number of ether oxygens (including phenoxy) is 2. The Kier molecular flexibility index (Phi) is 6.01. The molecule has 30 heavy (non-hydrogen) atoms. The van der Waals surface area contributed by atoms with E-state index in [9.17, 15) is 4.39 Å². The number of hydrogen-bond donors (Lipinski definition) is 0. The van der Waals surface area contributed by atoms with Gasteiger partial charge in [0.15, 0.2) is 11.0 Å². The molecule has 0 saturated carbocycles. The highest BCUT2D eigenvalue weighted by atomic mass is 32.2. The number of aromatic nitrogens is 4. The number of thiazole rings is 1. The summed E-state index contributed by atoms with van der Waals surface area (Å²) in [5, 5.41) is 12.0. The van der Waals surface area contributed by atoms with Crippen LogP contribution in [-0.2, 0) is 12.8 Å².